The molecule has 0 bridgehead atoms. The molecule has 1 aromatic carbocycles. The largest absolute Gasteiger partial charge is 0.459 e. The summed E-state index contributed by atoms with van der Waals surface area (Å²) in [6.07, 6.45) is 1.44. The summed E-state index contributed by atoms with van der Waals surface area (Å²) in [6, 6.07) is 8.94. The zero-order chi connectivity index (χ0) is 18.8. The van der Waals surface area contributed by atoms with E-state index in [4.69, 9.17) is 8.83 Å². The summed E-state index contributed by atoms with van der Waals surface area (Å²) in [4.78, 5) is 28.0. The Morgan fingerprint density at radius 1 is 0.963 bits per heavy atom. The van der Waals surface area contributed by atoms with Crippen molar-refractivity contribution in [1.29, 1.82) is 0 Å². The van der Waals surface area contributed by atoms with Crippen LogP contribution in [0.15, 0.2) is 51.5 Å². The van der Waals surface area contributed by atoms with Gasteiger partial charge in [-0.1, -0.05) is 6.07 Å². The summed E-state index contributed by atoms with van der Waals surface area (Å²) in [7, 11) is 0. The highest BCUT2D eigenvalue weighted by Gasteiger charge is 2.29. The smallest absolute Gasteiger partial charge is 0.311 e. The van der Waals surface area contributed by atoms with Gasteiger partial charge in [-0.2, -0.15) is 0 Å². The zero-order valence-electron chi connectivity index (χ0n) is 14.2. The Kier molecular flexibility index (Phi) is 4.41. The number of nitrogens with zero attached hydrogens (tertiary/aromatic N) is 4. The average Bonchev–Trinajstić information content (AvgIpc) is 3.39. The number of rotatable bonds is 3. The summed E-state index contributed by atoms with van der Waals surface area (Å²) in [5.41, 5.74) is 0.399. The number of furan rings is 1. The lowest BCUT2D eigenvalue weighted by Gasteiger charge is -2.33. The third-order valence-electron chi connectivity index (χ3n) is 4.27. The first-order valence-electron chi connectivity index (χ1n) is 8.33. The van der Waals surface area contributed by atoms with Gasteiger partial charge in [-0.05, 0) is 30.3 Å². The number of carbonyl (C=O) groups is 2. The molecule has 2 amide bonds. The minimum Gasteiger partial charge on any atom is -0.459 e. The van der Waals surface area contributed by atoms with Crippen LogP contribution in [0, 0.1) is 5.82 Å². The Bertz CT molecular complexity index is 961. The Morgan fingerprint density at radius 2 is 1.70 bits per heavy atom. The summed E-state index contributed by atoms with van der Waals surface area (Å²) in [6.45, 7) is 1.41. The lowest BCUT2D eigenvalue weighted by atomic mass is 10.2. The first-order chi connectivity index (χ1) is 13.1. The van der Waals surface area contributed by atoms with Crippen LogP contribution in [0.2, 0.25) is 0 Å². The predicted octanol–water partition coefficient (Wildman–Crippen LogP) is 2.07. The average molecular weight is 370 g/mol. The Labute approximate surface area is 153 Å². The first-order valence-corrected chi connectivity index (χ1v) is 8.33. The van der Waals surface area contributed by atoms with E-state index in [0.29, 0.717) is 31.7 Å². The molecule has 3 heterocycles. The molecule has 0 N–H and O–H groups in total. The van der Waals surface area contributed by atoms with Gasteiger partial charge in [0.15, 0.2) is 5.76 Å². The fourth-order valence-electron chi connectivity index (χ4n) is 2.85. The van der Waals surface area contributed by atoms with Crippen LogP contribution in [0.4, 0.5) is 4.39 Å². The van der Waals surface area contributed by atoms with Gasteiger partial charge in [-0.3, -0.25) is 9.59 Å². The van der Waals surface area contributed by atoms with Gasteiger partial charge in [0.25, 0.3) is 5.91 Å². The van der Waals surface area contributed by atoms with Crippen molar-refractivity contribution < 1.29 is 22.8 Å². The van der Waals surface area contributed by atoms with Crippen molar-refractivity contribution in [2.45, 2.75) is 0 Å². The van der Waals surface area contributed by atoms with Crippen molar-refractivity contribution in [3.8, 4) is 11.5 Å². The number of carbonyl (C=O) groups excluding carboxylic acids is 2. The maximum Gasteiger partial charge on any atom is 0.311 e. The molecule has 0 atom stereocenters. The molecule has 2 aromatic heterocycles. The minimum absolute atomic E-state index is 0.0736. The van der Waals surface area contributed by atoms with E-state index in [1.54, 1.807) is 23.1 Å². The maximum absolute atomic E-state index is 13.3. The van der Waals surface area contributed by atoms with Gasteiger partial charge >= 0.3 is 11.8 Å². The van der Waals surface area contributed by atoms with Crippen LogP contribution in [0.3, 0.4) is 0 Å². The van der Waals surface area contributed by atoms with Crippen molar-refractivity contribution in [2.75, 3.05) is 26.2 Å². The van der Waals surface area contributed by atoms with Crippen molar-refractivity contribution in [3.05, 3.63) is 60.1 Å². The van der Waals surface area contributed by atoms with E-state index in [2.05, 4.69) is 10.2 Å². The molecule has 138 valence electrons. The van der Waals surface area contributed by atoms with Gasteiger partial charge in [0.1, 0.15) is 5.82 Å². The second-order valence-corrected chi connectivity index (χ2v) is 5.98. The molecule has 8 nitrogen and oxygen atoms in total. The molecule has 1 fully saturated rings. The van der Waals surface area contributed by atoms with E-state index in [1.165, 1.54) is 29.4 Å². The Hall–Kier alpha value is -3.49. The van der Waals surface area contributed by atoms with Crippen molar-refractivity contribution in [1.82, 2.24) is 20.0 Å². The molecule has 4 rings (SSSR count). The SMILES string of the molecule is O=C(c1ccco1)N1CCN(C(=O)c2nnc(-c3cccc(F)c3)o2)CC1. The Morgan fingerprint density at radius 3 is 2.37 bits per heavy atom. The molecule has 1 aliphatic rings. The van der Waals surface area contributed by atoms with Crippen LogP contribution in [0.1, 0.15) is 21.2 Å². The molecule has 0 spiro atoms. The second-order valence-electron chi connectivity index (χ2n) is 5.98. The molecule has 27 heavy (non-hydrogen) atoms. The molecule has 1 saturated heterocycles. The molecule has 0 radical (unpaired) electrons. The molecule has 0 aliphatic carbocycles. The standard InChI is InChI=1S/C18H15FN4O4/c19-13-4-1-3-12(11-13)15-20-21-16(27-15)18(25)23-8-6-22(7-9-23)17(24)14-5-2-10-26-14/h1-5,10-11H,6-9H2. The van der Waals surface area contributed by atoms with Gasteiger partial charge < -0.3 is 18.6 Å². The van der Waals surface area contributed by atoms with Gasteiger partial charge in [0.05, 0.1) is 6.26 Å². The molecule has 0 saturated carbocycles. The molecule has 1 aliphatic heterocycles. The zero-order valence-corrected chi connectivity index (χ0v) is 14.2. The molecule has 9 heteroatoms. The van der Waals surface area contributed by atoms with Gasteiger partial charge in [0, 0.05) is 31.7 Å². The van der Waals surface area contributed by atoms with Crippen LogP contribution in [-0.4, -0.2) is 58.0 Å². The van der Waals surface area contributed by atoms with E-state index in [-0.39, 0.29) is 23.4 Å². The quantitative estimate of drug-likeness (QED) is 0.701. The van der Waals surface area contributed by atoms with Crippen LogP contribution in [0.5, 0.6) is 0 Å². The first kappa shape index (κ1) is 17.0. The van der Waals surface area contributed by atoms with Gasteiger partial charge in [0.2, 0.25) is 5.89 Å². The summed E-state index contributed by atoms with van der Waals surface area (Å²) >= 11 is 0. The number of hydrogen-bond donors (Lipinski definition) is 0. The van der Waals surface area contributed by atoms with Crippen molar-refractivity contribution in [3.63, 3.8) is 0 Å². The lowest BCUT2D eigenvalue weighted by Crippen LogP contribution is -2.50. The topological polar surface area (TPSA) is 92.7 Å². The monoisotopic (exact) mass is 370 g/mol. The number of amides is 2. The van der Waals surface area contributed by atoms with E-state index < -0.39 is 11.7 Å². The third kappa shape index (κ3) is 3.43. The summed E-state index contributed by atoms with van der Waals surface area (Å²) in [5.74, 6) is -0.888. The maximum atomic E-state index is 13.3. The van der Waals surface area contributed by atoms with E-state index >= 15 is 0 Å². The van der Waals surface area contributed by atoms with Crippen molar-refractivity contribution >= 4 is 11.8 Å². The fraction of sp³-hybridized carbons (Fsp3) is 0.222. The number of benzene rings is 1. The molecular weight excluding hydrogens is 355 g/mol. The summed E-state index contributed by atoms with van der Waals surface area (Å²) in [5, 5.41) is 7.58. The van der Waals surface area contributed by atoms with Crippen LogP contribution < -0.4 is 0 Å². The van der Waals surface area contributed by atoms with E-state index in [0.717, 1.165) is 0 Å². The highest BCUT2D eigenvalue weighted by atomic mass is 19.1. The Balaban J connectivity index is 1.40. The molecule has 3 aromatic rings. The number of halogens is 1. The highest BCUT2D eigenvalue weighted by molar-refractivity contribution is 5.92. The van der Waals surface area contributed by atoms with E-state index in [9.17, 15) is 14.0 Å². The molecule has 0 unspecified atom stereocenters. The van der Waals surface area contributed by atoms with Gasteiger partial charge in [-0.25, -0.2) is 4.39 Å². The second kappa shape index (κ2) is 7.02. The minimum atomic E-state index is -0.434. The van der Waals surface area contributed by atoms with Crippen molar-refractivity contribution in [2.24, 2.45) is 0 Å². The number of hydrogen-bond acceptors (Lipinski definition) is 6. The number of aromatic nitrogens is 2. The predicted molar refractivity (Wildman–Crippen MR) is 90.2 cm³/mol. The fourth-order valence-corrected chi connectivity index (χ4v) is 2.85. The van der Waals surface area contributed by atoms with E-state index in [1.807, 2.05) is 0 Å². The normalized spacial score (nSPS) is 14.4. The third-order valence-corrected chi connectivity index (χ3v) is 4.27. The van der Waals surface area contributed by atoms with Gasteiger partial charge in [-0.15, -0.1) is 10.2 Å². The van der Waals surface area contributed by atoms with Crippen LogP contribution >= 0.6 is 0 Å². The molecular formula is C18H15FN4O4. The lowest BCUT2D eigenvalue weighted by molar-refractivity contribution is 0.0498. The van der Waals surface area contributed by atoms with Crippen LogP contribution in [0.25, 0.3) is 11.5 Å². The highest BCUT2D eigenvalue weighted by Crippen LogP contribution is 2.19. The number of piperazine rings is 1. The summed E-state index contributed by atoms with van der Waals surface area (Å²) < 4.78 is 23.8. The van der Waals surface area contributed by atoms with Crippen LogP contribution in [-0.2, 0) is 0 Å².